The van der Waals surface area contributed by atoms with Crippen molar-refractivity contribution < 1.29 is 37.2 Å². The standard InChI is InChI=1S/C30H42BF3N6O5/c1-29(2)22-17-20(5-9-23(22)31(44)45-29)18-38-28(43)25(11-6-19-3-7-21(8-4-19)30(32,33)34)39-27(42)24(37)10-12-26(41)40(15-13-35)16-14-36/h3-5,7-9,17,24-25,44H,6,10-16,18,35-37H2,1-2H3,(H,38,43)(H,39,42)/t24-,25?/m0/s1. The molecular formula is C30H42BF3N6O5. The van der Waals surface area contributed by atoms with Crippen molar-refractivity contribution in [3.05, 3.63) is 64.7 Å². The molecule has 0 radical (unpaired) electrons. The van der Waals surface area contributed by atoms with E-state index >= 15 is 0 Å². The van der Waals surface area contributed by atoms with Crippen LogP contribution in [0.4, 0.5) is 13.2 Å². The summed E-state index contributed by atoms with van der Waals surface area (Å²) < 4.78 is 44.5. The summed E-state index contributed by atoms with van der Waals surface area (Å²) in [5.74, 6) is -1.42. The second kappa shape index (κ2) is 15.7. The molecule has 2 aromatic rings. The average molecular weight is 635 g/mol. The normalized spacial score (nSPS) is 15.3. The minimum atomic E-state index is -4.48. The number of rotatable bonds is 15. The number of fused-ring (bicyclic) bond motifs is 1. The first kappa shape index (κ1) is 36.0. The lowest BCUT2D eigenvalue weighted by Gasteiger charge is -2.23. The van der Waals surface area contributed by atoms with Crippen molar-refractivity contribution in [3.63, 3.8) is 0 Å². The molecule has 2 aromatic carbocycles. The van der Waals surface area contributed by atoms with Crippen LogP contribution < -0.4 is 33.3 Å². The molecule has 0 fully saturated rings. The van der Waals surface area contributed by atoms with Crippen molar-refractivity contribution in [1.29, 1.82) is 0 Å². The lowest BCUT2D eigenvalue weighted by atomic mass is 9.78. The van der Waals surface area contributed by atoms with Crippen LogP contribution in [0.15, 0.2) is 42.5 Å². The lowest BCUT2D eigenvalue weighted by molar-refractivity contribution is -0.137. The van der Waals surface area contributed by atoms with Crippen LogP contribution in [-0.2, 0) is 43.8 Å². The Bertz CT molecular complexity index is 1320. The molecule has 11 nitrogen and oxygen atoms in total. The van der Waals surface area contributed by atoms with Crippen molar-refractivity contribution in [1.82, 2.24) is 15.5 Å². The zero-order valence-corrected chi connectivity index (χ0v) is 25.5. The van der Waals surface area contributed by atoms with Gasteiger partial charge in [-0.25, -0.2) is 0 Å². The molecule has 1 aliphatic rings. The number of hydrogen-bond acceptors (Lipinski definition) is 8. The fraction of sp³-hybridized carbons (Fsp3) is 0.500. The molecule has 45 heavy (non-hydrogen) atoms. The average Bonchev–Trinajstić information content (AvgIpc) is 3.22. The highest BCUT2D eigenvalue weighted by molar-refractivity contribution is 6.61. The zero-order chi connectivity index (χ0) is 33.4. The number of carbonyl (C=O) groups excluding carboxylic acids is 3. The highest BCUT2D eigenvalue weighted by Gasteiger charge is 2.40. The Labute approximate surface area is 261 Å². The monoisotopic (exact) mass is 634 g/mol. The van der Waals surface area contributed by atoms with Crippen molar-refractivity contribution in [2.75, 3.05) is 26.2 Å². The zero-order valence-electron chi connectivity index (χ0n) is 25.5. The summed E-state index contributed by atoms with van der Waals surface area (Å²) >= 11 is 0. The Morgan fingerprint density at radius 1 is 1.00 bits per heavy atom. The topological polar surface area (TPSA) is 186 Å². The van der Waals surface area contributed by atoms with Gasteiger partial charge in [0.2, 0.25) is 17.7 Å². The van der Waals surface area contributed by atoms with E-state index in [2.05, 4.69) is 10.6 Å². The van der Waals surface area contributed by atoms with E-state index in [0.717, 1.165) is 23.3 Å². The van der Waals surface area contributed by atoms with Gasteiger partial charge < -0.3 is 42.4 Å². The molecule has 0 bridgehead atoms. The molecule has 0 spiro atoms. The van der Waals surface area contributed by atoms with E-state index in [9.17, 15) is 32.6 Å². The van der Waals surface area contributed by atoms with Crippen LogP contribution in [0.3, 0.4) is 0 Å². The van der Waals surface area contributed by atoms with Gasteiger partial charge >= 0.3 is 13.3 Å². The molecule has 246 valence electrons. The van der Waals surface area contributed by atoms with E-state index in [4.69, 9.17) is 21.9 Å². The predicted octanol–water partition coefficient (Wildman–Crippen LogP) is 0.246. The van der Waals surface area contributed by atoms with Crippen LogP contribution in [0.2, 0.25) is 0 Å². The van der Waals surface area contributed by atoms with Crippen molar-refractivity contribution >= 4 is 30.3 Å². The number of benzene rings is 2. The third-order valence-electron chi connectivity index (χ3n) is 7.70. The highest BCUT2D eigenvalue weighted by Crippen LogP contribution is 2.31. The number of alkyl halides is 3. The summed E-state index contributed by atoms with van der Waals surface area (Å²) in [4.78, 5) is 40.4. The first-order valence-corrected chi connectivity index (χ1v) is 14.8. The van der Waals surface area contributed by atoms with Gasteiger partial charge in [-0.3, -0.25) is 14.4 Å². The summed E-state index contributed by atoms with van der Waals surface area (Å²) in [5, 5.41) is 15.6. The third-order valence-corrected chi connectivity index (χ3v) is 7.70. The fourth-order valence-corrected chi connectivity index (χ4v) is 5.13. The van der Waals surface area contributed by atoms with E-state index in [1.54, 1.807) is 12.1 Å². The number of halogens is 3. The number of aryl methyl sites for hydroxylation is 1. The molecule has 9 N–H and O–H groups in total. The quantitative estimate of drug-likeness (QED) is 0.151. The minimum absolute atomic E-state index is 0.0163. The van der Waals surface area contributed by atoms with Gasteiger partial charge in [0.25, 0.3) is 0 Å². The smallest absolute Gasteiger partial charge is 0.423 e. The molecule has 15 heteroatoms. The molecule has 0 aliphatic carbocycles. The highest BCUT2D eigenvalue weighted by atomic mass is 19.4. The fourth-order valence-electron chi connectivity index (χ4n) is 5.13. The largest absolute Gasteiger partial charge is 0.492 e. The second-order valence-corrected chi connectivity index (χ2v) is 11.5. The second-order valence-electron chi connectivity index (χ2n) is 11.5. The number of amides is 3. The number of carbonyl (C=O) groups is 3. The van der Waals surface area contributed by atoms with Crippen LogP contribution >= 0.6 is 0 Å². The Balaban J connectivity index is 1.68. The number of nitrogens with one attached hydrogen (secondary N) is 2. The first-order chi connectivity index (χ1) is 21.2. The lowest BCUT2D eigenvalue weighted by Crippen LogP contribution is -2.52. The Morgan fingerprint density at radius 3 is 2.22 bits per heavy atom. The molecule has 1 aliphatic heterocycles. The molecule has 2 atom stereocenters. The maximum atomic E-state index is 13.3. The van der Waals surface area contributed by atoms with Gasteiger partial charge in [0.1, 0.15) is 6.04 Å². The third kappa shape index (κ3) is 10.00. The summed E-state index contributed by atoms with van der Waals surface area (Å²) in [7, 11) is -1.05. The van der Waals surface area contributed by atoms with Crippen molar-refractivity contribution in [3.8, 4) is 0 Å². The SMILES string of the molecule is CC1(C)OB(O)c2ccc(CNC(=O)C(CCc3ccc(C(F)(F)F)cc3)NC(=O)[C@@H](N)CCC(=O)N(CCN)CCN)cc21. The maximum absolute atomic E-state index is 13.3. The van der Waals surface area contributed by atoms with Gasteiger partial charge in [-0.1, -0.05) is 30.3 Å². The molecule has 0 saturated heterocycles. The Morgan fingerprint density at radius 2 is 1.62 bits per heavy atom. The molecule has 1 heterocycles. The van der Waals surface area contributed by atoms with Gasteiger partial charge in [-0.15, -0.1) is 0 Å². The molecule has 0 saturated carbocycles. The van der Waals surface area contributed by atoms with Gasteiger partial charge in [0.05, 0.1) is 17.2 Å². The summed E-state index contributed by atoms with van der Waals surface area (Å²) in [6.07, 6.45) is -4.21. The summed E-state index contributed by atoms with van der Waals surface area (Å²) in [6, 6.07) is 7.71. The number of nitrogens with zero attached hydrogens (tertiary/aromatic N) is 1. The number of nitrogens with two attached hydrogens (primary N) is 3. The number of hydrogen-bond donors (Lipinski definition) is 6. The summed E-state index contributed by atoms with van der Waals surface area (Å²) in [6.45, 7) is 4.89. The van der Waals surface area contributed by atoms with Gasteiger partial charge in [0, 0.05) is 39.1 Å². The molecule has 3 rings (SSSR count). The van der Waals surface area contributed by atoms with Gasteiger partial charge in [0.15, 0.2) is 0 Å². The van der Waals surface area contributed by atoms with E-state index in [1.165, 1.54) is 17.0 Å². The Hall–Kier alpha value is -3.50. The van der Waals surface area contributed by atoms with E-state index < -0.39 is 48.4 Å². The van der Waals surface area contributed by atoms with Gasteiger partial charge in [-0.2, -0.15) is 13.2 Å². The van der Waals surface area contributed by atoms with Crippen molar-refractivity contribution in [2.45, 2.75) is 69.9 Å². The predicted molar refractivity (Wildman–Crippen MR) is 164 cm³/mol. The minimum Gasteiger partial charge on any atom is -0.423 e. The van der Waals surface area contributed by atoms with E-state index in [0.29, 0.717) is 24.1 Å². The molecule has 1 unspecified atom stereocenters. The molecule has 0 aromatic heterocycles. The molecule has 3 amide bonds. The van der Waals surface area contributed by atoms with Crippen LogP contribution in [0, 0.1) is 0 Å². The van der Waals surface area contributed by atoms with Crippen LogP contribution in [0.5, 0.6) is 0 Å². The van der Waals surface area contributed by atoms with E-state index in [-0.39, 0.29) is 51.2 Å². The summed E-state index contributed by atoms with van der Waals surface area (Å²) in [5.41, 5.74) is 18.4. The van der Waals surface area contributed by atoms with Crippen LogP contribution in [0.25, 0.3) is 0 Å². The van der Waals surface area contributed by atoms with Crippen LogP contribution in [0.1, 0.15) is 55.4 Å². The molecular weight excluding hydrogens is 592 g/mol. The van der Waals surface area contributed by atoms with Gasteiger partial charge in [-0.05, 0) is 67.4 Å². The van der Waals surface area contributed by atoms with E-state index in [1.807, 2.05) is 19.9 Å². The Kier molecular flexibility index (Phi) is 12.5. The first-order valence-electron chi connectivity index (χ1n) is 14.8. The maximum Gasteiger partial charge on any atom is 0.492 e. The van der Waals surface area contributed by atoms with Crippen molar-refractivity contribution in [2.24, 2.45) is 17.2 Å². The van der Waals surface area contributed by atoms with Crippen LogP contribution in [-0.4, -0.2) is 73.0 Å².